The minimum absolute atomic E-state index is 0.295. The van der Waals surface area contributed by atoms with Crippen LogP contribution < -0.4 is 15.9 Å². The number of aromatic nitrogens is 4. The molecule has 31 heavy (non-hydrogen) atoms. The molecule has 4 heterocycles. The molecule has 0 bridgehead atoms. The van der Waals surface area contributed by atoms with Crippen molar-refractivity contribution in [3.05, 3.63) is 60.2 Å². The molecule has 3 aromatic heterocycles. The molecule has 0 aliphatic carbocycles. The second-order valence-corrected chi connectivity index (χ2v) is 7.94. The molecule has 5 rings (SSSR count). The van der Waals surface area contributed by atoms with E-state index in [0.29, 0.717) is 23.5 Å². The van der Waals surface area contributed by atoms with Crippen LogP contribution in [0.2, 0.25) is 0 Å². The minimum Gasteiger partial charge on any atom is -0.369 e. The molecule has 9 nitrogen and oxygen atoms in total. The number of imidazole rings is 1. The van der Waals surface area contributed by atoms with Gasteiger partial charge in [0.1, 0.15) is 5.65 Å². The van der Waals surface area contributed by atoms with Crippen LogP contribution >= 0.6 is 0 Å². The second kappa shape index (κ2) is 8.37. The molecule has 1 fully saturated rings. The lowest BCUT2D eigenvalue weighted by molar-refractivity contribution is 0.210. The van der Waals surface area contributed by atoms with Crippen LogP contribution in [0, 0.1) is 6.92 Å². The number of pyridine rings is 1. The van der Waals surface area contributed by atoms with E-state index in [1.54, 1.807) is 6.20 Å². The topological polar surface area (TPSA) is 92.8 Å². The van der Waals surface area contributed by atoms with E-state index in [2.05, 4.69) is 38.1 Å². The predicted octanol–water partition coefficient (Wildman–Crippen LogP) is 3.41. The number of rotatable bonds is 6. The van der Waals surface area contributed by atoms with Crippen molar-refractivity contribution < 1.29 is 9.36 Å². The predicted molar refractivity (Wildman–Crippen MR) is 117 cm³/mol. The fourth-order valence-corrected chi connectivity index (χ4v) is 3.90. The molecule has 0 saturated carbocycles. The van der Waals surface area contributed by atoms with Crippen LogP contribution in [-0.4, -0.2) is 44.6 Å². The number of nitrogens with zero attached hydrogens (tertiary/aromatic N) is 5. The summed E-state index contributed by atoms with van der Waals surface area (Å²) in [6, 6.07) is 11.8. The standard InChI is InChI=1S/C22H25N7O2/c1-15-8-9-16(21-24-22(31-26-21)17-6-5-10-28(2)14-17)12-18(15)25-27-30-20-13-23-19-7-3-4-11-29(19)20/h3-4,7-9,11-13,17,25,27H,5-6,10,14H2,1-2H3. The Morgan fingerprint density at radius 2 is 2.16 bits per heavy atom. The number of hydrogen-bond donors (Lipinski definition) is 2. The Kier molecular flexibility index (Phi) is 5.27. The van der Waals surface area contributed by atoms with Gasteiger partial charge in [0.2, 0.25) is 17.6 Å². The third-order valence-electron chi connectivity index (χ3n) is 5.64. The summed E-state index contributed by atoms with van der Waals surface area (Å²) in [6.07, 6.45) is 5.78. The summed E-state index contributed by atoms with van der Waals surface area (Å²) >= 11 is 0. The monoisotopic (exact) mass is 419 g/mol. The van der Waals surface area contributed by atoms with E-state index in [4.69, 9.17) is 9.36 Å². The lowest BCUT2D eigenvalue weighted by Gasteiger charge is -2.27. The molecule has 1 aliphatic rings. The molecule has 0 amide bonds. The zero-order valence-electron chi connectivity index (χ0n) is 17.6. The fraction of sp³-hybridized carbons (Fsp3) is 0.318. The van der Waals surface area contributed by atoms with Crippen molar-refractivity contribution in [2.45, 2.75) is 25.7 Å². The molecule has 1 aliphatic heterocycles. The van der Waals surface area contributed by atoms with Gasteiger partial charge in [-0.25, -0.2) is 4.98 Å². The first-order valence-electron chi connectivity index (χ1n) is 10.4. The molecule has 1 atom stereocenters. The van der Waals surface area contributed by atoms with Crippen LogP contribution in [-0.2, 0) is 0 Å². The van der Waals surface area contributed by atoms with E-state index in [-0.39, 0.29) is 0 Å². The average molecular weight is 419 g/mol. The Bertz CT molecular complexity index is 1190. The molecule has 4 aromatic rings. The maximum Gasteiger partial charge on any atom is 0.245 e. The van der Waals surface area contributed by atoms with Gasteiger partial charge in [0.15, 0.2) is 0 Å². The fourth-order valence-electron chi connectivity index (χ4n) is 3.90. The van der Waals surface area contributed by atoms with E-state index in [9.17, 15) is 0 Å². The molecular weight excluding hydrogens is 394 g/mol. The quantitative estimate of drug-likeness (QED) is 0.459. The molecule has 1 saturated heterocycles. The van der Waals surface area contributed by atoms with Gasteiger partial charge >= 0.3 is 0 Å². The van der Waals surface area contributed by atoms with Crippen molar-refractivity contribution in [3.63, 3.8) is 0 Å². The molecule has 1 aromatic carbocycles. The Morgan fingerprint density at radius 3 is 3.06 bits per heavy atom. The molecule has 0 radical (unpaired) electrons. The van der Waals surface area contributed by atoms with Gasteiger partial charge in [-0.15, -0.1) is 0 Å². The minimum atomic E-state index is 0.295. The first-order valence-corrected chi connectivity index (χ1v) is 10.4. The van der Waals surface area contributed by atoms with Gasteiger partial charge < -0.3 is 14.3 Å². The van der Waals surface area contributed by atoms with Crippen molar-refractivity contribution >= 4 is 11.3 Å². The van der Waals surface area contributed by atoms with Gasteiger partial charge in [-0.2, -0.15) is 4.98 Å². The van der Waals surface area contributed by atoms with E-state index < -0.39 is 0 Å². The first kappa shape index (κ1) is 19.5. The van der Waals surface area contributed by atoms with Gasteiger partial charge in [0.05, 0.1) is 17.8 Å². The summed E-state index contributed by atoms with van der Waals surface area (Å²) in [5.41, 5.74) is 9.49. The Morgan fingerprint density at radius 1 is 1.23 bits per heavy atom. The van der Waals surface area contributed by atoms with Crippen molar-refractivity contribution in [2.75, 3.05) is 25.6 Å². The van der Waals surface area contributed by atoms with E-state index in [1.165, 1.54) is 0 Å². The Hall–Kier alpha value is -3.43. The number of likely N-dealkylation sites (tertiary alicyclic amines) is 1. The molecule has 160 valence electrons. The summed E-state index contributed by atoms with van der Waals surface area (Å²) in [7, 11) is 2.13. The van der Waals surface area contributed by atoms with E-state index >= 15 is 0 Å². The number of anilines is 1. The first-order chi connectivity index (χ1) is 15.2. The van der Waals surface area contributed by atoms with Crippen molar-refractivity contribution in [3.8, 4) is 17.3 Å². The molecule has 1 unspecified atom stereocenters. The zero-order chi connectivity index (χ0) is 21.2. The number of fused-ring (bicyclic) bond motifs is 1. The number of aryl methyl sites for hydroxylation is 1. The molecule has 0 spiro atoms. The van der Waals surface area contributed by atoms with E-state index in [0.717, 1.165) is 48.4 Å². The van der Waals surface area contributed by atoms with Crippen LogP contribution in [0.25, 0.3) is 17.0 Å². The Balaban J connectivity index is 1.28. The van der Waals surface area contributed by atoms with Crippen molar-refractivity contribution in [1.29, 1.82) is 0 Å². The van der Waals surface area contributed by atoms with Crippen LogP contribution in [0.5, 0.6) is 5.88 Å². The molecule has 9 heteroatoms. The second-order valence-electron chi connectivity index (χ2n) is 7.94. The number of hydrogen-bond acceptors (Lipinski definition) is 8. The van der Waals surface area contributed by atoms with Gasteiger partial charge in [-0.05, 0) is 57.1 Å². The smallest absolute Gasteiger partial charge is 0.245 e. The normalized spacial score (nSPS) is 17.2. The third kappa shape index (κ3) is 4.10. The maximum absolute atomic E-state index is 5.64. The summed E-state index contributed by atoms with van der Waals surface area (Å²) in [4.78, 5) is 16.9. The number of benzene rings is 1. The van der Waals surface area contributed by atoms with Crippen molar-refractivity contribution in [2.24, 2.45) is 0 Å². The highest BCUT2D eigenvalue weighted by molar-refractivity contribution is 5.64. The third-order valence-corrected chi connectivity index (χ3v) is 5.64. The molecule has 2 N–H and O–H groups in total. The summed E-state index contributed by atoms with van der Waals surface area (Å²) < 4.78 is 7.44. The van der Waals surface area contributed by atoms with Gasteiger partial charge in [0.25, 0.3) is 0 Å². The number of nitrogens with one attached hydrogen (secondary N) is 2. The SMILES string of the molecule is Cc1ccc(-c2noc(C3CCCN(C)C3)n2)cc1NNOc1cnc2ccccn12. The number of piperidine rings is 1. The van der Waals surface area contributed by atoms with Gasteiger partial charge in [-0.3, -0.25) is 9.83 Å². The van der Waals surface area contributed by atoms with Crippen LogP contribution in [0.4, 0.5) is 5.69 Å². The highest BCUT2D eigenvalue weighted by Gasteiger charge is 2.24. The van der Waals surface area contributed by atoms with Crippen LogP contribution in [0.3, 0.4) is 0 Å². The summed E-state index contributed by atoms with van der Waals surface area (Å²) in [5.74, 6) is 2.18. The lowest BCUT2D eigenvalue weighted by Crippen LogP contribution is -2.30. The molecular formula is C22H25N7O2. The van der Waals surface area contributed by atoms with Crippen LogP contribution in [0.1, 0.15) is 30.2 Å². The lowest BCUT2D eigenvalue weighted by atomic mass is 9.98. The van der Waals surface area contributed by atoms with Gasteiger partial charge in [0, 0.05) is 18.3 Å². The highest BCUT2D eigenvalue weighted by Crippen LogP contribution is 2.28. The average Bonchev–Trinajstić information content (AvgIpc) is 3.43. The maximum atomic E-state index is 5.64. The highest BCUT2D eigenvalue weighted by atomic mass is 16.7. The van der Waals surface area contributed by atoms with Gasteiger partial charge in [-0.1, -0.05) is 28.9 Å². The Labute approximate surface area is 180 Å². The summed E-state index contributed by atoms with van der Waals surface area (Å²) in [5, 5.41) is 4.22. The number of hydrazine groups is 1. The summed E-state index contributed by atoms with van der Waals surface area (Å²) in [6.45, 7) is 4.09. The zero-order valence-corrected chi connectivity index (χ0v) is 17.6. The number of likely N-dealkylation sites (N-methyl/N-ethyl adjacent to an activating group) is 1. The largest absolute Gasteiger partial charge is 0.369 e. The van der Waals surface area contributed by atoms with Crippen LogP contribution in [0.15, 0.2) is 53.3 Å². The van der Waals surface area contributed by atoms with Crippen molar-refractivity contribution in [1.82, 2.24) is 30.0 Å². The van der Waals surface area contributed by atoms with E-state index in [1.807, 2.05) is 53.9 Å².